The Labute approximate surface area is 84.1 Å². The van der Waals surface area contributed by atoms with Gasteiger partial charge in [-0.3, -0.25) is 5.41 Å². The zero-order chi connectivity index (χ0) is 9.54. The molecule has 1 aliphatic carbocycles. The van der Waals surface area contributed by atoms with Crippen molar-refractivity contribution in [1.29, 1.82) is 5.41 Å². The van der Waals surface area contributed by atoms with E-state index in [0.29, 0.717) is 6.04 Å². The normalized spacial score (nSPS) is 20.9. The highest BCUT2D eigenvalue weighted by Gasteiger charge is 2.32. The summed E-state index contributed by atoms with van der Waals surface area (Å²) in [5, 5.41) is 8.08. The average molecular weight is 186 g/mol. The zero-order valence-corrected chi connectivity index (χ0v) is 8.16. The van der Waals surface area contributed by atoms with Crippen LogP contribution in [0.1, 0.15) is 30.4 Å². The summed E-state index contributed by atoms with van der Waals surface area (Å²) >= 11 is 0. The third kappa shape index (κ3) is 0.999. The molecule has 2 nitrogen and oxygen atoms in total. The summed E-state index contributed by atoms with van der Waals surface area (Å²) in [5.74, 6) is 0.741. The Bertz CT molecular complexity index is 380. The van der Waals surface area contributed by atoms with E-state index in [0.717, 1.165) is 17.9 Å². The molecular formula is C12H14N2. The average Bonchev–Trinajstić information content (AvgIpc) is 2.43. The number of amidine groups is 1. The second kappa shape index (κ2) is 2.84. The Morgan fingerprint density at radius 2 is 2.00 bits per heavy atom. The summed E-state index contributed by atoms with van der Waals surface area (Å²) in [5.41, 5.74) is 2.46. The third-order valence-corrected chi connectivity index (χ3v) is 3.42. The van der Waals surface area contributed by atoms with E-state index >= 15 is 0 Å². The van der Waals surface area contributed by atoms with E-state index in [1.54, 1.807) is 0 Å². The lowest BCUT2D eigenvalue weighted by Crippen LogP contribution is -2.40. The van der Waals surface area contributed by atoms with Crippen LogP contribution in [-0.4, -0.2) is 16.8 Å². The van der Waals surface area contributed by atoms with Crippen molar-refractivity contribution in [3.05, 3.63) is 35.4 Å². The number of fused-ring (bicyclic) bond motifs is 1. The predicted octanol–water partition coefficient (Wildman–Crippen LogP) is 2.38. The monoisotopic (exact) mass is 186 g/mol. The van der Waals surface area contributed by atoms with Gasteiger partial charge in [0.2, 0.25) is 0 Å². The van der Waals surface area contributed by atoms with Crippen LogP contribution in [0.4, 0.5) is 0 Å². The van der Waals surface area contributed by atoms with Gasteiger partial charge in [0, 0.05) is 18.2 Å². The van der Waals surface area contributed by atoms with E-state index in [1.165, 1.54) is 24.8 Å². The van der Waals surface area contributed by atoms with Crippen LogP contribution in [0.2, 0.25) is 0 Å². The van der Waals surface area contributed by atoms with Gasteiger partial charge in [-0.25, -0.2) is 0 Å². The van der Waals surface area contributed by atoms with E-state index in [4.69, 9.17) is 5.41 Å². The first kappa shape index (κ1) is 8.04. The summed E-state index contributed by atoms with van der Waals surface area (Å²) < 4.78 is 0. The highest BCUT2D eigenvalue weighted by molar-refractivity contribution is 6.00. The maximum atomic E-state index is 8.08. The van der Waals surface area contributed by atoms with Crippen LogP contribution < -0.4 is 0 Å². The highest BCUT2D eigenvalue weighted by Crippen LogP contribution is 2.32. The molecule has 14 heavy (non-hydrogen) atoms. The topological polar surface area (TPSA) is 27.1 Å². The molecule has 0 spiro atoms. The number of hydrogen-bond donors (Lipinski definition) is 1. The lowest BCUT2D eigenvalue weighted by Gasteiger charge is -2.35. The molecule has 1 aromatic carbocycles. The molecule has 72 valence electrons. The molecule has 1 aromatic rings. The molecule has 1 N–H and O–H groups in total. The van der Waals surface area contributed by atoms with E-state index in [-0.39, 0.29) is 0 Å². The standard InChI is InChI=1S/C12H14N2/c13-12-11-7-2-1-4-9(11)8-14(12)10-5-3-6-10/h1-2,4,7,10,13H,3,5-6,8H2. The van der Waals surface area contributed by atoms with Gasteiger partial charge in [0.15, 0.2) is 0 Å². The molecule has 1 fully saturated rings. The molecule has 0 radical (unpaired) electrons. The van der Waals surface area contributed by atoms with Crippen molar-refractivity contribution in [2.24, 2.45) is 0 Å². The first-order valence-electron chi connectivity index (χ1n) is 5.30. The Hall–Kier alpha value is -1.31. The fourth-order valence-corrected chi connectivity index (χ4v) is 2.32. The first-order chi connectivity index (χ1) is 6.86. The van der Waals surface area contributed by atoms with E-state index in [9.17, 15) is 0 Å². The Balaban J connectivity index is 1.93. The van der Waals surface area contributed by atoms with Crippen LogP contribution in [-0.2, 0) is 6.54 Å². The fraction of sp³-hybridized carbons (Fsp3) is 0.417. The lowest BCUT2D eigenvalue weighted by molar-refractivity contribution is 0.209. The van der Waals surface area contributed by atoms with Crippen molar-refractivity contribution < 1.29 is 0 Å². The molecular weight excluding hydrogens is 172 g/mol. The molecule has 0 atom stereocenters. The molecule has 0 saturated heterocycles. The molecule has 0 aromatic heterocycles. The molecule has 1 aliphatic heterocycles. The van der Waals surface area contributed by atoms with Gasteiger partial charge >= 0.3 is 0 Å². The minimum absolute atomic E-state index is 0.648. The van der Waals surface area contributed by atoms with Crippen LogP contribution in [0.5, 0.6) is 0 Å². The molecule has 3 rings (SSSR count). The minimum atomic E-state index is 0.648. The molecule has 0 amide bonds. The zero-order valence-electron chi connectivity index (χ0n) is 8.16. The number of rotatable bonds is 1. The van der Waals surface area contributed by atoms with Crippen molar-refractivity contribution >= 4 is 5.84 Å². The van der Waals surface area contributed by atoms with Gasteiger partial charge in [0.25, 0.3) is 0 Å². The molecule has 2 heteroatoms. The molecule has 2 aliphatic rings. The maximum Gasteiger partial charge on any atom is 0.128 e. The van der Waals surface area contributed by atoms with Gasteiger partial charge in [0.1, 0.15) is 5.84 Å². The number of benzene rings is 1. The molecule has 1 heterocycles. The SMILES string of the molecule is N=C1c2ccccc2CN1C1CCC1. The third-order valence-electron chi connectivity index (χ3n) is 3.42. The van der Waals surface area contributed by atoms with Gasteiger partial charge in [-0.05, 0) is 24.8 Å². The summed E-state index contributed by atoms with van der Waals surface area (Å²) in [7, 11) is 0. The Kier molecular flexibility index (Phi) is 1.63. The van der Waals surface area contributed by atoms with Gasteiger partial charge < -0.3 is 4.90 Å². The van der Waals surface area contributed by atoms with Crippen LogP contribution in [0.25, 0.3) is 0 Å². The number of nitrogens with one attached hydrogen (secondary N) is 1. The van der Waals surface area contributed by atoms with E-state index in [1.807, 2.05) is 6.07 Å². The highest BCUT2D eigenvalue weighted by atomic mass is 15.2. The summed E-state index contributed by atoms with van der Waals surface area (Å²) in [6, 6.07) is 8.95. The van der Waals surface area contributed by atoms with Crippen molar-refractivity contribution in [2.45, 2.75) is 31.8 Å². The summed E-state index contributed by atoms with van der Waals surface area (Å²) in [6.07, 6.45) is 3.89. The quantitative estimate of drug-likeness (QED) is 0.716. The van der Waals surface area contributed by atoms with Crippen LogP contribution in [0.15, 0.2) is 24.3 Å². The van der Waals surface area contributed by atoms with Crippen LogP contribution in [0, 0.1) is 5.41 Å². The van der Waals surface area contributed by atoms with Crippen molar-refractivity contribution in [3.8, 4) is 0 Å². The summed E-state index contributed by atoms with van der Waals surface area (Å²) in [4.78, 5) is 2.26. The van der Waals surface area contributed by atoms with Gasteiger partial charge in [0.05, 0.1) is 0 Å². The van der Waals surface area contributed by atoms with Crippen molar-refractivity contribution in [2.75, 3.05) is 0 Å². The van der Waals surface area contributed by atoms with Gasteiger partial charge in [-0.15, -0.1) is 0 Å². The molecule has 0 bridgehead atoms. The van der Waals surface area contributed by atoms with E-state index < -0.39 is 0 Å². The molecule has 0 unspecified atom stereocenters. The minimum Gasteiger partial charge on any atom is -0.349 e. The number of hydrogen-bond acceptors (Lipinski definition) is 1. The van der Waals surface area contributed by atoms with Crippen LogP contribution >= 0.6 is 0 Å². The Morgan fingerprint density at radius 3 is 2.64 bits per heavy atom. The lowest BCUT2D eigenvalue weighted by atomic mass is 9.92. The molecule has 1 saturated carbocycles. The second-order valence-corrected chi connectivity index (χ2v) is 4.22. The van der Waals surface area contributed by atoms with Crippen LogP contribution in [0.3, 0.4) is 0 Å². The van der Waals surface area contributed by atoms with Gasteiger partial charge in [-0.1, -0.05) is 24.3 Å². The Morgan fingerprint density at radius 1 is 1.21 bits per heavy atom. The van der Waals surface area contributed by atoms with E-state index in [2.05, 4.69) is 23.1 Å². The van der Waals surface area contributed by atoms with Crippen molar-refractivity contribution in [3.63, 3.8) is 0 Å². The van der Waals surface area contributed by atoms with Crippen molar-refractivity contribution in [1.82, 2.24) is 4.90 Å². The van der Waals surface area contributed by atoms with Gasteiger partial charge in [-0.2, -0.15) is 0 Å². The fourth-order valence-electron chi connectivity index (χ4n) is 2.32. The number of nitrogens with zero attached hydrogens (tertiary/aromatic N) is 1. The maximum absolute atomic E-state index is 8.08. The summed E-state index contributed by atoms with van der Waals surface area (Å²) in [6.45, 7) is 0.958. The largest absolute Gasteiger partial charge is 0.349 e. The first-order valence-corrected chi connectivity index (χ1v) is 5.30. The smallest absolute Gasteiger partial charge is 0.128 e. The predicted molar refractivity (Wildman–Crippen MR) is 56.5 cm³/mol. The second-order valence-electron chi connectivity index (χ2n) is 4.22.